The number of halogens is 2. The highest BCUT2D eigenvalue weighted by molar-refractivity contribution is 7.90. The standard InChI is InChI=1S/C14H18ClFN2O4S/c15-12-7-9(8-19)6-11(13(12)16)14(20)17-18-23(21,22)10-4-2-1-3-5-10/h6-7,10,18-19H,1-5,8H2,(H,17,20). The van der Waals surface area contributed by atoms with E-state index in [0.29, 0.717) is 12.8 Å². The van der Waals surface area contributed by atoms with E-state index in [1.165, 1.54) is 6.07 Å². The molecule has 1 fully saturated rings. The molecule has 2 rings (SSSR count). The number of aliphatic hydroxyl groups excluding tert-OH is 1. The van der Waals surface area contributed by atoms with Gasteiger partial charge in [-0.2, -0.15) is 0 Å². The van der Waals surface area contributed by atoms with Gasteiger partial charge in [-0.05, 0) is 30.5 Å². The Bertz CT molecular complexity index is 690. The van der Waals surface area contributed by atoms with Gasteiger partial charge in [0.25, 0.3) is 5.91 Å². The third-order valence-electron chi connectivity index (χ3n) is 3.81. The Kier molecular flexibility index (Phi) is 5.96. The summed E-state index contributed by atoms with van der Waals surface area (Å²) in [5.41, 5.74) is 1.81. The highest BCUT2D eigenvalue weighted by Crippen LogP contribution is 2.23. The quantitative estimate of drug-likeness (QED) is 0.695. The number of hydrogen-bond acceptors (Lipinski definition) is 4. The lowest BCUT2D eigenvalue weighted by molar-refractivity contribution is 0.0940. The van der Waals surface area contributed by atoms with Crippen LogP contribution < -0.4 is 10.3 Å². The van der Waals surface area contributed by atoms with Crippen molar-refractivity contribution in [1.82, 2.24) is 10.3 Å². The van der Waals surface area contributed by atoms with Gasteiger partial charge in [0.05, 0.1) is 22.4 Å². The van der Waals surface area contributed by atoms with Gasteiger partial charge in [0.1, 0.15) is 0 Å². The molecule has 128 valence electrons. The summed E-state index contributed by atoms with van der Waals surface area (Å²) in [6, 6.07) is 2.31. The number of rotatable bonds is 5. The molecule has 1 amide bonds. The number of sulfonamides is 1. The van der Waals surface area contributed by atoms with Crippen LogP contribution in [-0.4, -0.2) is 24.7 Å². The maximum atomic E-state index is 13.9. The second kappa shape index (κ2) is 7.57. The molecule has 9 heteroatoms. The largest absolute Gasteiger partial charge is 0.392 e. The van der Waals surface area contributed by atoms with Gasteiger partial charge >= 0.3 is 0 Å². The molecule has 0 aliphatic heterocycles. The molecule has 0 aromatic heterocycles. The fraction of sp³-hybridized carbons (Fsp3) is 0.500. The fourth-order valence-electron chi connectivity index (χ4n) is 2.55. The van der Waals surface area contributed by atoms with Crippen molar-refractivity contribution in [1.29, 1.82) is 0 Å². The molecule has 1 aromatic rings. The topological polar surface area (TPSA) is 95.5 Å². The van der Waals surface area contributed by atoms with Crippen LogP contribution in [0.3, 0.4) is 0 Å². The first-order valence-corrected chi connectivity index (χ1v) is 9.17. The molecule has 0 bridgehead atoms. The number of benzene rings is 1. The normalized spacial score (nSPS) is 16.3. The summed E-state index contributed by atoms with van der Waals surface area (Å²) in [4.78, 5) is 14.0. The summed E-state index contributed by atoms with van der Waals surface area (Å²) in [5.74, 6) is -1.95. The molecule has 0 radical (unpaired) electrons. The minimum absolute atomic E-state index is 0.247. The Morgan fingerprint density at radius 3 is 2.57 bits per heavy atom. The van der Waals surface area contributed by atoms with Crippen molar-refractivity contribution in [2.24, 2.45) is 0 Å². The number of carbonyl (C=O) groups excluding carboxylic acids is 1. The Balaban J connectivity index is 2.09. The molecule has 6 nitrogen and oxygen atoms in total. The molecule has 0 heterocycles. The van der Waals surface area contributed by atoms with E-state index in [2.05, 4.69) is 0 Å². The van der Waals surface area contributed by atoms with E-state index in [-0.39, 0.29) is 10.6 Å². The fourth-order valence-corrected chi connectivity index (χ4v) is 4.14. The zero-order valence-corrected chi connectivity index (χ0v) is 13.9. The number of amides is 1. The van der Waals surface area contributed by atoms with Crippen LogP contribution in [0.2, 0.25) is 5.02 Å². The van der Waals surface area contributed by atoms with Crippen molar-refractivity contribution in [2.45, 2.75) is 44.0 Å². The average molecular weight is 365 g/mol. The van der Waals surface area contributed by atoms with E-state index in [9.17, 15) is 17.6 Å². The lowest BCUT2D eigenvalue weighted by atomic mass is 10.0. The first kappa shape index (κ1) is 18.1. The van der Waals surface area contributed by atoms with E-state index >= 15 is 0 Å². The van der Waals surface area contributed by atoms with Crippen molar-refractivity contribution < 1.29 is 22.7 Å². The molecule has 23 heavy (non-hydrogen) atoms. The minimum atomic E-state index is -3.71. The lowest BCUT2D eigenvalue weighted by Crippen LogP contribution is -2.46. The predicted octanol–water partition coefficient (Wildman–Crippen LogP) is 1.87. The van der Waals surface area contributed by atoms with Gasteiger partial charge < -0.3 is 5.11 Å². The van der Waals surface area contributed by atoms with E-state index < -0.39 is 39.2 Å². The summed E-state index contributed by atoms with van der Waals surface area (Å²) in [6.07, 6.45) is 3.71. The first-order chi connectivity index (χ1) is 10.8. The molecule has 1 saturated carbocycles. The van der Waals surface area contributed by atoms with E-state index in [1.54, 1.807) is 0 Å². The summed E-state index contributed by atoms with van der Waals surface area (Å²) in [7, 11) is -3.71. The van der Waals surface area contributed by atoms with E-state index in [4.69, 9.17) is 16.7 Å². The molecule has 1 aromatic carbocycles. The summed E-state index contributed by atoms with van der Waals surface area (Å²) in [5, 5.41) is 8.18. The Morgan fingerprint density at radius 1 is 1.30 bits per heavy atom. The maximum Gasteiger partial charge on any atom is 0.269 e. The van der Waals surface area contributed by atoms with Crippen molar-refractivity contribution in [3.05, 3.63) is 34.1 Å². The van der Waals surface area contributed by atoms with Gasteiger partial charge in [-0.3, -0.25) is 10.2 Å². The van der Waals surface area contributed by atoms with Crippen LogP contribution in [0.5, 0.6) is 0 Å². The number of aliphatic hydroxyl groups is 1. The molecular weight excluding hydrogens is 347 g/mol. The lowest BCUT2D eigenvalue weighted by Gasteiger charge is -2.22. The van der Waals surface area contributed by atoms with Crippen LogP contribution in [0.15, 0.2) is 12.1 Å². The molecule has 1 aliphatic rings. The Hall–Kier alpha value is -1.22. The van der Waals surface area contributed by atoms with Gasteiger partial charge in [0.2, 0.25) is 10.0 Å². The van der Waals surface area contributed by atoms with E-state index in [0.717, 1.165) is 25.3 Å². The summed E-state index contributed by atoms with van der Waals surface area (Å²) >= 11 is 5.65. The van der Waals surface area contributed by atoms with Crippen LogP contribution in [-0.2, 0) is 16.6 Å². The second-order valence-corrected chi connectivity index (χ2v) is 7.83. The van der Waals surface area contributed by atoms with Gasteiger partial charge in [-0.15, -0.1) is 4.83 Å². The van der Waals surface area contributed by atoms with E-state index in [1.807, 2.05) is 10.3 Å². The Labute approximate surface area is 139 Å². The second-order valence-electron chi connectivity index (χ2n) is 5.46. The Morgan fingerprint density at radius 2 is 1.96 bits per heavy atom. The van der Waals surface area contributed by atoms with Crippen molar-refractivity contribution >= 4 is 27.5 Å². The number of hydrogen-bond donors (Lipinski definition) is 3. The maximum absolute atomic E-state index is 13.9. The van der Waals surface area contributed by atoms with Crippen LogP contribution in [0.25, 0.3) is 0 Å². The zero-order chi connectivity index (χ0) is 17.0. The third-order valence-corrected chi connectivity index (χ3v) is 5.82. The van der Waals surface area contributed by atoms with Crippen LogP contribution in [0, 0.1) is 5.82 Å². The molecule has 0 atom stereocenters. The van der Waals surface area contributed by atoms with Crippen LogP contribution >= 0.6 is 11.6 Å². The van der Waals surface area contributed by atoms with Gasteiger partial charge in [-0.25, -0.2) is 12.8 Å². The SMILES string of the molecule is O=C(NNS(=O)(=O)C1CCCCC1)c1cc(CO)cc(Cl)c1F. The molecular formula is C14H18ClFN2O4S. The van der Waals surface area contributed by atoms with Gasteiger partial charge in [0, 0.05) is 0 Å². The first-order valence-electron chi connectivity index (χ1n) is 7.25. The van der Waals surface area contributed by atoms with Crippen molar-refractivity contribution in [3.8, 4) is 0 Å². The monoisotopic (exact) mass is 364 g/mol. The number of carbonyl (C=O) groups is 1. The number of hydrazine groups is 1. The van der Waals surface area contributed by atoms with Crippen molar-refractivity contribution in [2.75, 3.05) is 0 Å². The molecule has 0 saturated heterocycles. The average Bonchev–Trinajstić information content (AvgIpc) is 2.56. The highest BCUT2D eigenvalue weighted by Gasteiger charge is 2.28. The van der Waals surface area contributed by atoms with Crippen molar-refractivity contribution in [3.63, 3.8) is 0 Å². The number of nitrogens with one attached hydrogen (secondary N) is 2. The molecule has 3 N–H and O–H groups in total. The van der Waals surface area contributed by atoms with Gasteiger partial charge in [0.15, 0.2) is 5.82 Å². The summed E-state index contributed by atoms with van der Waals surface area (Å²) < 4.78 is 38.1. The minimum Gasteiger partial charge on any atom is -0.392 e. The smallest absolute Gasteiger partial charge is 0.269 e. The molecule has 0 spiro atoms. The highest BCUT2D eigenvalue weighted by atomic mass is 35.5. The third kappa shape index (κ3) is 4.41. The molecule has 1 aliphatic carbocycles. The predicted molar refractivity (Wildman–Crippen MR) is 83.7 cm³/mol. The zero-order valence-electron chi connectivity index (χ0n) is 12.3. The van der Waals surface area contributed by atoms with Crippen LogP contribution in [0.4, 0.5) is 4.39 Å². The van der Waals surface area contributed by atoms with Crippen LogP contribution in [0.1, 0.15) is 48.0 Å². The molecule has 0 unspecified atom stereocenters. The summed E-state index contributed by atoms with van der Waals surface area (Å²) in [6.45, 7) is -0.423. The van der Waals surface area contributed by atoms with Gasteiger partial charge in [-0.1, -0.05) is 30.9 Å².